The first kappa shape index (κ1) is 16.9. The van der Waals surface area contributed by atoms with Crippen molar-refractivity contribution in [1.82, 2.24) is 4.98 Å². The summed E-state index contributed by atoms with van der Waals surface area (Å²) in [5, 5.41) is 14.0. The monoisotopic (exact) mass is 345 g/mol. The molecule has 0 fully saturated rings. The van der Waals surface area contributed by atoms with Gasteiger partial charge in [0, 0.05) is 17.3 Å². The number of rotatable bonds is 3. The van der Waals surface area contributed by atoms with Crippen molar-refractivity contribution >= 4 is 46.3 Å². The van der Waals surface area contributed by atoms with Gasteiger partial charge in [0.1, 0.15) is 11.8 Å². The van der Waals surface area contributed by atoms with Gasteiger partial charge in [-0.1, -0.05) is 29.8 Å². The first-order chi connectivity index (χ1) is 10.7. The Labute approximate surface area is 145 Å². The van der Waals surface area contributed by atoms with Gasteiger partial charge in [-0.05, 0) is 24.3 Å². The molecule has 3 aromatic rings. The second-order valence-corrected chi connectivity index (χ2v) is 5.06. The van der Waals surface area contributed by atoms with Gasteiger partial charge in [-0.25, -0.2) is 0 Å². The number of benzene rings is 2. The smallest absolute Gasteiger partial charge is 0.137 e. The normalized spacial score (nSPS) is 9.78. The summed E-state index contributed by atoms with van der Waals surface area (Å²) < 4.78 is 5.14. The van der Waals surface area contributed by atoms with Crippen LogP contribution in [0.15, 0.2) is 48.7 Å². The average molecular weight is 346 g/mol. The van der Waals surface area contributed by atoms with Crippen LogP contribution >= 0.6 is 24.0 Å². The summed E-state index contributed by atoms with van der Waals surface area (Å²) in [5.41, 5.74) is 2.79. The Bertz CT molecular complexity index is 891. The molecule has 0 bridgehead atoms. The molecule has 2 aromatic carbocycles. The number of ether oxygens (including phenoxy) is 1. The maximum absolute atomic E-state index is 9.32. The first-order valence-electron chi connectivity index (χ1n) is 6.61. The molecule has 4 nitrogen and oxygen atoms in total. The van der Waals surface area contributed by atoms with E-state index in [-0.39, 0.29) is 12.4 Å². The van der Waals surface area contributed by atoms with Gasteiger partial charge in [0.25, 0.3) is 0 Å². The zero-order valence-electron chi connectivity index (χ0n) is 12.2. The van der Waals surface area contributed by atoms with Crippen LogP contribution in [0.25, 0.3) is 10.9 Å². The molecular weight excluding hydrogens is 333 g/mol. The van der Waals surface area contributed by atoms with E-state index < -0.39 is 0 Å². The molecule has 0 aliphatic rings. The van der Waals surface area contributed by atoms with Gasteiger partial charge in [-0.15, -0.1) is 12.4 Å². The van der Waals surface area contributed by atoms with Crippen LogP contribution in [0.4, 0.5) is 11.4 Å². The fourth-order valence-corrected chi connectivity index (χ4v) is 2.51. The van der Waals surface area contributed by atoms with E-state index in [9.17, 15) is 5.26 Å². The Morgan fingerprint density at radius 3 is 2.70 bits per heavy atom. The number of anilines is 2. The number of aromatic nitrogens is 1. The minimum Gasteiger partial charge on any atom is -0.495 e. The predicted molar refractivity (Wildman–Crippen MR) is 95.0 cm³/mol. The third-order valence-electron chi connectivity index (χ3n) is 3.32. The largest absolute Gasteiger partial charge is 0.495 e. The van der Waals surface area contributed by atoms with E-state index in [1.165, 1.54) is 0 Å². The summed E-state index contributed by atoms with van der Waals surface area (Å²) in [6.07, 6.45) is 1.57. The van der Waals surface area contributed by atoms with Crippen molar-refractivity contribution in [3.05, 3.63) is 59.2 Å². The molecule has 0 aliphatic heterocycles. The van der Waals surface area contributed by atoms with Crippen molar-refractivity contribution in [1.29, 1.82) is 5.26 Å². The number of methoxy groups -OCH3 is 1. The fourth-order valence-electron chi connectivity index (χ4n) is 2.25. The van der Waals surface area contributed by atoms with Crippen LogP contribution in [0, 0.1) is 11.3 Å². The highest BCUT2D eigenvalue weighted by molar-refractivity contribution is 6.32. The molecule has 23 heavy (non-hydrogen) atoms. The molecule has 1 N–H and O–H groups in total. The zero-order valence-corrected chi connectivity index (χ0v) is 13.8. The zero-order chi connectivity index (χ0) is 15.5. The van der Waals surface area contributed by atoms with Crippen molar-refractivity contribution < 1.29 is 4.74 Å². The average Bonchev–Trinajstić information content (AvgIpc) is 2.55. The topological polar surface area (TPSA) is 57.9 Å². The van der Waals surface area contributed by atoms with Crippen LogP contribution in [0.1, 0.15) is 5.56 Å². The number of nitrogens with one attached hydrogen (secondary N) is 1. The molecule has 0 saturated heterocycles. The molecule has 0 aliphatic carbocycles. The van der Waals surface area contributed by atoms with Crippen molar-refractivity contribution in [3.8, 4) is 11.8 Å². The van der Waals surface area contributed by atoms with Gasteiger partial charge in [0.05, 0.1) is 28.9 Å². The SMILES string of the molecule is COc1ccc(Nc2c(C#N)cnc3ccccc23)cc1Cl.Cl. The molecule has 0 amide bonds. The molecule has 1 heterocycles. The lowest BCUT2D eigenvalue weighted by molar-refractivity contribution is 0.415. The Morgan fingerprint density at radius 1 is 1.22 bits per heavy atom. The van der Waals surface area contributed by atoms with E-state index in [0.29, 0.717) is 22.0 Å². The lowest BCUT2D eigenvalue weighted by atomic mass is 10.1. The van der Waals surface area contributed by atoms with Gasteiger partial charge in [0.15, 0.2) is 0 Å². The second-order valence-electron chi connectivity index (χ2n) is 4.65. The number of hydrogen-bond acceptors (Lipinski definition) is 4. The molecule has 0 atom stereocenters. The summed E-state index contributed by atoms with van der Waals surface area (Å²) >= 11 is 6.15. The van der Waals surface area contributed by atoms with E-state index in [4.69, 9.17) is 16.3 Å². The lowest BCUT2D eigenvalue weighted by Gasteiger charge is -2.12. The van der Waals surface area contributed by atoms with Crippen LogP contribution < -0.4 is 10.1 Å². The molecule has 0 saturated carbocycles. The number of nitrogens with zero attached hydrogens (tertiary/aromatic N) is 2. The first-order valence-corrected chi connectivity index (χ1v) is 6.99. The van der Waals surface area contributed by atoms with Crippen LogP contribution in [0.2, 0.25) is 5.02 Å². The predicted octanol–water partition coefficient (Wildman–Crippen LogP) is 4.93. The summed E-state index contributed by atoms with van der Waals surface area (Å²) in [5.74, 6) is 0.604. The van der Waals surface area contributed by atoms with Gasteiger partial charge in [-0.3, -0.25) is 4.98 Å². The molecule has 3 rings (SSSR count). The summed E-state index contributed by atoms with van der Waals surface area (Å²) in [4.78, 5) is 4.29. The Hall–Kier alpha value is -2.48. The number of hydrogen-bond donors (Lipinski definition) is 1. The van der Waals surface area contributed by atoms with E-state index in [2.05, 4.69) is 16.4 Å². The van der Waals surface area contributed by atoms with Crippen molar-refractivity contribution in [2.45, 2.75) is 0 Å². The van der Waals surface area contributed by atoms with Gasteiger partial charge < -0.3 is 10.1 Å². The van der Waals surface area contributed by atoms with Gasteiger partial charge in [0.2, 0.25) is 0 Å². The lowest BCUT2D eigenvalue weighted by Crippen LogP contribution is -1.97. The highest BCUT2D eigenvalue weighted by Crippen LogP contribution is 2.32. The molecule has 0 spiro atoms. The number of nitriles is 1. The van der Waals surface area contributed by atoms with E-state index in [1.54, 1.807) is 25.4 Å². The van der Waals surface area contributed by atoms with E-state index >= 15 is 0 Å². The highest BCUT2D eigenvalue weighted by Gasteiger charge is 2.10. The van der Waals surface area contributed by atoms with Crippen LogP contribution in [-0.4, -0.2) is 12.1 Å². The number of pyridine rings is 1. The molecule has 0 unspecified atom stereocenters. The van der Waals surface area contributed by atoms with Crippen molar-refractivity contribution in [3.63, 3.8) is 0 Å². The Morgan fingerprint density at radius 2 is 2.00 bits per heavy atom. The van der Waals surface area contributed by atoms with Crippen LogP contribution in [0.5, 0.6) is 5.75 Å². The van der Waals surface area contributed by atoms with Gasteiger partial charge >= 0.3 is 0 Å². The van der Waals surface area contributed by atoms with Gasteiger partial charge in [-0.2, -0.15) is 5.26 Å². The number of fused-ring (bicyclic) bond motifs is 1. The standard InChI is InChI=1S/C17H12ClN3O.ClH/c1-22-16-7-6-12(8-14(16)18)21-17-11(9-19)10-20-15-5-3-2-4-13(15)17;/h2-8,10H,1H3,(H,20,21);1H. The van der Waals surface area contributed by atoms with E-state index in [1.807, 2.05) is 30.3 Å². The molecule has 116 valence electrons. The molecular formula is C17H13Cl2N3O. The third-order valence-corrected chi connectivity index (χ3v) is 3.61. The second kappa shape index (κ2) is 7.19. The van der Waals surface area contributed by atoms with E-state index in [0.717, 1.165) is 16.6 Å². The maximum Gasteiger partial charge on any atom is 0.137 e. The van der Waals surface area contributed by atoms with Crippen molar-refractivity contribution in [2.24, 2.45) is 0 Å². The summed E-state index contributed by atoms with van der Waals surface area (Å²) in [6.45, 7) is 0. The minimum atomic E-state index is 0. The Kier molecular flexibility index (Phi) is 5.28. The summed E-state index contributed by atoms with van der Waals surface area (Å²) in [7, 11) is 1.57. The molecule has 1 aromatic heterocycles. The highest BCUT2D eigenvalue weighted by atomic mass is 35.5. The van der Waals surface area contributed by atoms with Crippen LogP contribution in [0.3, 0.4) is 0 Å². The molecule has 6 heteroatoms. The third kappa shape index (κ3) is 3.31. The maximum atomic E-state index is 9.32. The van der Waals surface area contributed by atoms with Crippen LogP contribution in [-0.2, 0) is 0 Å². The minimum absolute atomic E-state index is 0. The number of halogens is 2. The Balaban J connectivity index is 0.00000192. The number of para-hydroxylation sites is 1. The summed E-state index contributed by atoms with van der Waals surface area (Å²) in [6, 6.07) is 15.2. The quantitative estimate of drug-likeness (QED) is 0.730. The fraction of sp³-hybridized carbons (Fsp3) is 0.0588. The molecule has 0 radical (unpaired) electrons. The van der Waals surface area contributed by atoms with Crippen molar-refractivity contribution in [2.75, 3.05) is 12.4 Å².